The largest absolute Gasteiger partial charge is 0.465 e. The van der Waals surface area contributed by atoms with Crippen molar-refractivity contribution in [3.8, 4) is 0 Å². The van der Waals surface area contributed by atoms with Gasteiger partial charge in [0.2, 0.25) is 5.91 Å². The summed E-state index contributed by atoms with van der Waals surface area (Å²) in [6.45, 7) is 5.40. The van der Waals surface area contributed by atoms with Crippen LogP contribution in [0.1, 0.15) is 48.0 Å². The molecular formula is C31H39N3O5S. The van der Waals surface area contributed by atoms with Crippen LogP contribution in [-0.4, -0.2) is 64.3 Å². The van der Waals surface area contributed by atoms with Gasteiger partial charge in [-0.3, -0.25) is 14.5 Å². The Bertz CT molecular complexity index is 1230. The first-order chi connectivity index (χ1) is 19.0. The molecule has 4 N–H and O–H groups in total. The van der Waals surface area contributed by atoms with Crippen molar-refractivity contribution in [1.29, 1.82) is 0 Å². The van der Waals surface area contributed by atoms with Crippen LogP contribution in [0.4, 0.5) is 4.79 Å². The molecule has 0 radical (unpaired) electrons. The molecule has 0 spiro atoms. The van der Waals surface area contributed by atoms with Crippen molar-refractivity contribution in [2.75, 3.05) is 7.05 Å². The summed E-state index contributed by atoms with van der Waals surface area (Å²) in [4.78, 5) is 39.9. The van der Waals surface area contributed by atoms with Gasteiger partial charge in [0.15, 0.2) is 0 Å². The summed E-state index contributed by atoms with van der Waals surface area (Å²) >= 11 is 1.34. The van der Waals surface area contributed by atoms with Crippen molar-refractivity contribution in [3.63, 3.8) is 0 Å². The molecule has 4 atom stereocenters. The minimum atomic E-state index is -1.21. The van der Waals surface area contributed by atoms with Crippen molar-refractivity contribution in [3.05, 3.63) is 94.2 Å². The number of nitrogens with one attached hydrogen (secondary N) is 2. The molecule has 40 heavy (non-hydrogen) atoms. The Balaban J connectivity index is 1.86. The molecule has 8 nitrogen and oxygen atoms in total. The van der Waals surface area contributed by atoms with Gasteiger partial charge in [0.1, 0.15) is 6.04 Å². The molecular weight excluding hydrogens is 526 g/mol. The molecule has 3 aromatic rings. The fourth-order valence-corrected chi connectivity index (χ4v) is 5.51. The highest BCUT2D eigenvalue weighted by molar-refractivity contribution is 7.12. The van der Waals surface area contributed by atoms with Gasteiger partial charge in [-0.15, -0.1) is 11.3 Å². The van der Waals surface area contributed by atoms with Gasteiger partial charge in [-0.25, -0.2) is 4.79 Å². The van der Waals surface area contributed by atoms with Crippen LogP contribution < -0.4 is 10.6 Å². The highest BCUT2D eigenvalue weighted by Gasteiger charge is 2.39. The summed E-state index contributed by atoms with van der Waals surface area (Å²) < 4.78 is 0. The fraction of sp³-hybridized carbons (Fsp3) is 0.387. The van der Waals surface area contributed by atoms with E-state index in [0.717, 1.165) is 16.0 Å². The standard InChI is InChI=1S/C31H39N3O5S/c1-31(2,3)27(34(4)30(38)39)29(37)33-24(19-22-14-9-6-10-15-22)25(35)20-23(18-21-12-7-5-8-13-21)32-28(36)26-16-11-17-40-26/h5-17,23-25,27,35H,18-20H2,1-4H3,(H,32,36)(H,33,37)(H,38,39)/t23-,24-,25-,27+/m0/s1. The number of likely N-dealkylation sites (N-methyl/N-ethyl adjacent to an activating group) is 1. The second-order valence-corrected chi connectivity index (χ2v) is 12.1. The third kappa shape index (κ3) is 8.93. The summed E-state index contributed by atoms with van der Waals surface area (Å²) in [6.07, 6.45) is -1.24. The van der Waals surface area contributed by atoms with Crippen LogP contribution in [0.2, 0.25) is 0 Å². The zero-order valence-electron chi connectivity index (χ0n) is 23.4. The average molecular weight is 566 g/mol. The monoisotopic (exact) mass is 565 g/mol. The summed E-state index contributed by atoms with van der Waals surface area (Å²) in [5.41, 5.74) is 1.22. The first-order valence-electron chi connectivity index (χ1n) is 13.3. The Hall–Kier alpha value is -3.69. The van der Waals surface area contributed by atoms with Gasteiger partial charge in [0.05, 0.1) is 17.0 Å². The molecule has 214 valence electrons. The quantitative estimate of drug-likeness (QED) is 0.256. The topological polar surface area (TPSA) is 119 Å². The molecule has 1 heterocycles. The Morgan fingerprint density at radius 1 is 0.875 bits per heavy atom. The van der Waals surface area contributed by atoms with Crippen LogP contribution in [0.5, 0.6) is 0 Å². The molecule has 1 aromatic heterocycles. The number of amides is 3. The van der Waals surface area contributed by atoms with E-state index in [9.17, 15) is 24.6 Å². The Morgan fingerprint density at radius 2 is 1.45 bits per heavy atom. The maximum atomic E-state index is 13.6. The maximum absolute atomic E-state index is 13.6. The molecule has 3 amide bonds. The number of thiophene rings is 1. The number of nitrogens with zero attached hydrogens (tertiary/aromatic N) is 1. The molecule has 0 fully saturated rings. The third-order valence-corrected chi connectivity index (χ3v) is 7.65. The normalized spacial score (nSPS) is 14.4. The highest BCUT2D eigenvalue weighted by Crippen LogP contribution is 2.25. The first kappa shape index (κ1) is 30.8. The minimum Gasteiger partial charge on any atom is -0.465 e. The number of rotatable bonds is 12. The van der Waals surface area contributed by atoms with Gasteiger partial charge in [0.25, 0.3) is 5.91 Å². The lowest BCUT2D eigenvalue weighted by Gasteiger charge is -2.37. The van der Waals surface area contributed by atoms with Gasteiger partial charge < -0.3 is 20.8 Å². The molecule has 0 saturated heterocycles. The molecule has 0 aliphatic heterocycles. The molecule has 0 saturated carbocycles. The van der Waals surface area contributed by atoms with Crippen LogP contribution >= 0.6 is 11.3 Å². The third-order valence-electron chi connectivity index (χ3n) is 6.78. The van der Waals surface area contributed by atoms with Crippen LogP contribution in [0.3, 0.4) is 0 Å². The number of carbonyl (C=O) groups is 3. The number of hydrogen-bond donors (Lipinski definition) is 4. The van der Waals surface area contributed by atoms with Gasteiger partial charge in [-0.05, 0) is 47.3 Å². The van der Waals surface area contributed by atoms with Crippen LogP contribution in [0, 0.1) is 5.41 Å². The Labute approximate surface area is 240 Å². The van der Waals surface area contributed by atoms with E-state index in [4.69, 9.17) is 0 Å². The lowest BCUT2D eigenvalue weighted by atomic mass is 9.84. The lowest BCUT2D eigenvalue weighted by Crippen LogP contribution is -2.58. The molecule has 2 aromatic carbocycles. The predicted molar refractivity (Wildman–Crippen MR) is 157 cm³/mol. The number of hydrogen-bond acceptors (Lipinski definition) is 5. The summed E-state index contributed by atoms with van der Waals surface area (Å²) in [7, 11) is 1.37. The van der Waals surface area contributed by atoms with Crippen molar-refractivity contribution >= 4 is 29.2 Å². The lowest BCUT2D eigenvalue weighted by molar-refractivity contribution is -0.130. The molecule has 0 aliphatic rings. The van der Waals surface area contributed by atoms with Crippen LogP contribution in [0.25, 0.3) is 0 Å². The second kappa shape index (κ2) is 14.1. The van der Waals surface area contributed by atoms with Crippen LogP contribution in [0.15, 0.2) is 78.2 Å². The first-order valence-corrected chi connectivity index (χ1v) is 14.2. The zero-order valence-corrected chi connectivity index (χ0v) is 24.2. The van der Waals surface area contributed by atoms with Gasteiger partial charge in [0, 0.05) is 13.1 Å². The predicted octanol–water partition coefficient (Wildman–Crippen LogP) is 4.59. The van der Waals surface area contributed by atoms with Crippen molar-refractivity contribution < 1.29 is 24.6 Å². The zero-order chi connectivity index (χ0) is 29.3. The molecule has 0 aliphatic carbocycles. The highest BCUT2D eigenvalue weighted by atomic mass is 32.1. The fourth-order valence-electron chi connectivity index (χ4n) is 4.89. The minimum absolute atomic E-state index is 0.179. The summed E-state index contributed by atoms with van der Waals surface area (Å²) in [5, 5.41) is 29.0. The maximum Gasteiger partial charge on any atom is 0.407 e. The van der Waals surface area contributed by atoms with Crippen LogP contribution in [-0.2, 0) is 17.6 Å². The smallest absolute Gasteiger partial charge is 0.407 e. The summed E-state index contributed by atoms with van der Waals surface area (Å²) in [6, 6.07) is 20.6. The Morgan fingerprint density at radius 3 is 1.95 bits per heavy atom. The number of benzene rings is 2. The van der Waals surface area contributed by atoms with Crippen molar-refractivity contribution in [1.82, 2.24) is 15.5 Å². The van der Waals surface area contributed by atoms with E-state index in [2.05, 4.69) is 10.6 Å². The second-order valence-electron chi connectivity index (χ2n) is 11.1. The number of carboxylic acid groups (broad SMARTS) is 1. The van der Waals surface area contributed by atoms with E-state index in [1.54, 1.807) is 26.8 Å². The summed E-state index contributed by atoms with van der Waals surface area (Å²) in [5.74, 6) is -0.706. The van der Waals surface area contributed by atoms with Gasteiger partial charge in [-0.2, -0.15) is 0 Å². The molecule has 0 bridgehead atoms. The number of aliphatic hydroxyl groups excluding tert-OH is 1. The number of carbonyl (C=O) groups excluding carboxylic acids is 2. The molecule has 0 unspecified atom stereocenters. The van der Waals surface area contributed by atoms with E-state index < -0.39 is 41.6 Å². The van der Waals surface area contributed by atoms with E-state index in [1.807, 2.05) is 72.1 Å². The van der Waals surface area contributed by atoms with E-state index in [-0.39, 0.29) is 12.3 Å². The van der Waals surface area contributed by atoms with Gasteiger partial charge in [-0.1, -0.05) is 87.5 Å². The van der Waals surface area contributed by atoms with E-state index in [0.29, 0.717) is 17.7 Å². The van der Waals surface area contributed by atoms with Crippen molar-refractivity contribution in [2.45, 2.75) is 64.3 Å². The SMILES string of the molecule is CN(C(=O)O)[C@H](C(=O)N[C@@H](Cc1ccccc1)[C@@H](O)C[C@H](Cc1ccccc1)NC(=O)c1cccs1)C(C)(C)C. The average Bonchev–Trinajstić information content (AvgIpc) is 3.44. The van der Waals surface area contributed by atoms with Gasteiger partial charge >= 0.3 is 6.09 Å². The van der Waals surface area contributed by atoms with Crippen molar-refractivity contribution in [2.24, 2.45) is 5.41 Å². The molecule has 3 rings (SSSR count). The van der Waals surface area contributed by atoms with E-state index >= 15 is 0 Å². The number of aliphatic hydroxyl groups is 1. The molecule has 9 heteroatoms. The van der Waals surface area contributed by atoms with E-state index in [1.165, 1.54) is 18.4 Å². The Kier molecular flexibility index (Phi) is 10.9.